The second kappa shape index (κ2) is 5.08. The Hall–Kier alpha value is -2.04. The van der Waals surface area contributed by atoms with Crippen molar-refractivity contribution in [2.24, 2.45) is 0 Å². The van der Waals surface area contributed by atoms with Crippen molar-refractivity contribution in [1.29, 1.82) is 0 Å². The molecule has 2 rings (SSSR count). The summed E-state index contributed by atoms with van der Waals surface area (Å²) in [5, 5.41) is 0. The van der Waals surface area contributed by atoms with E-state index in [1.807, 2.05) is 4.90 Å². The Labute approximate surface area is 105 Å². The summed E-state index contributed by atoms with van der Waals surface area (Å²) in [7, 11) is 1.36. The number of hydrogen-bond donors (Lipinski definition) is 0. The number of carbonyl (C=O) groups is 2. The second-order valence-electron chi connectivity index (χ2n) is 4.08. The number of ether oxygens (including phenoxy) is 2. The molecule has 1 aliphatic rings. The number of fused-ring (bicyclic) bond motifs is 1. The lowest BCUT2D eigenvalue weighted by Gasteiger charge is -2.30. The average Bonchev–Trinajstić information content (AvgIpc) is 2.38. The zero-order valence-electron chi connectivity index (χ0n) is 10.4. The van der Waals surface area contributed by atoms with E-state index in [1.165, 1.54) is 14.0 Å². The number of esters is 1. The van der Waals surface area contributed by atoms with E-state index >= 15 is 0 Å². The molecule has 1 aromatic rings. The van der Waals surface area contributed by atoms with E-state index in [0.29, 0.717) is 24.5 Å². The first kappa shape index (κ1) is 12.4. The molecule has 18 heavy (non-hydrogen) atoms. The average molecular weight is 249 g/mol. The van der Waals surface area contributed by atoms with Gasteiger partial charge in [-0.05, 0) is 25.1 Å². The number of nitrogens with zero attached hydrogens (tertiary/aromatic N) is 1. The van der Waals surface area contributed by atoms with E-state index in [2.05, 4.69) is 4.74 Å². The van der Waals surface area contributed by atoms with Gasteiger partial charge in [0.2, 0.25) is 0 Å². The maximum absolute atomic E-state index is 11.4. The van der Waals surface area contributed by atoms with Crippen LogP contribution in [-0.2, 0) is 9.53 Å². The lowest BCUT2D eigenvalue weighted by Crippen LogP contribution is -2.37. The first-order valence-corrected chi connectivity index (χ1v) is 5.71. The van der Waals surface area contributed by atoms with E-state index in [-0.39, 0.29) is 18.3 Å². The number of ketones is 1. The first-order valence-electron chi connectivity index (χ1n) is 5.71. The predicted molar refractivity (Wildman–Crippen MR) is 66.2 cm³/mol. The molecule has 5 nitrogen and oxygen atoms in total. The van der Waals surface area contributed by atoms with Gasteiger partial charge in [0.25, 0.3) is 0 Å². The largest absolute Gasteiger partial charge is 0.490 e. The number of hydrogen-bond acceptors (Lipinski definition) is 5. The van der Waals surface area contributed by atoms with Gasteiger partial charge in [0.15, 0.2) is 5.78 Å². The van der Waals surface area contributed by atoms with Crippen LogP contribution >= 0.6 is 0 Å². The molecule has 1 heterocycles. The summed E-state index contributed by atoms with van der Waals surface area (Å²) >= 11 is 0. The van der Waals surface area contributed by atoms with Crippen molar-refractivity contribution in [2.45, 2.75) is 6.92 Å². The van der Waals surface area contributed by atoms with E-state index in [9.17, 15) is 9.59 Å². The summed E-state index contributed by atoms with van der Waals surface area (Å²) in [4.78, 5) is 24.6. The fraction of sp³-hybridized carbons (Fsp3) is 0.385. The smallest absolute Gasteiger partial charge is 0.325 e. The molecule has 0 unspecified atom stereocenters. The Morgan fingerprint density at radius 3 is 2.89 bits per heavy atom. The van der Waals surface area contributed by atoms with Crippen LogP contribution in [-0.4, -0.2) is 38.6 Å². The molecule has 5 heteroatoms. The van der Waals surface area contributed by atoms with E-state index in [0.717, 1.165) is 5.69 Å². The molecule has 0 saturated heterocycles. The zero-order chi connectivity index (χ0) is 13.1. The van der Waals surface area contributed by atoms with Crippen molar-refractivity contribution in [3.8, 4) is 5.75 Å². The Morgan fingerprint density at radius 1 is 1.44 bits per heavy atom. The van der Waals surface area contributed by atoms with Gasteiger partial charge in [-0.1, -0.05) is 0 Å². The van der Waals surface area contributed by atoms with Crippen molar-refractivity contribution >= 4 is 17.4 Å². The quantitative estimate of drug-likeness (QED) is 0.596. The molecule has 1 aliphatic heterocycles. The third-order valence-corrected chi connectivity index (χ3v) is 2.87. The van der Waals surface area contributed by atoms with Gasteiger partial charge in [-0.15, -0.1) is 0 Å². The Bertz CT molecular complexity index is 484. The molecule has 0 spiro atoms. The highest BCUT2D eigenvalue weighted by Crippen LogP contribution is 2.32. The maximum atomic E-state index is 11.4. The normalized spacial score (nSPS) is 13.6. The Balaban J connectivity index is 2.31. The molecular formula is C13H15NO4. The van der Waals surface area contributed by atoms with Crippen LogP contribution in [0.4, 0.5) is 5.69 Å². The number of benzene rings is 1. The van der Waals surface area contributed by atoms with E-state index in [4.69, 9.17) is 4.74 Å². The van der Waals surface area contributed by atoms with Gasteiger partial charge in [0, 0.05) is 5.56 Å². The van der Waals surface area contributed by atoms with Crippen molar-refractivity contribution in [3.63, 3.8) is 0 Å². The lowest BCUT2D eigenvalue weighted by atomic mass is 10.1. The number of carbonyl (C=O) groups excluding carboxylic acids is 2. The highest BCUT2D eigenvalue weighted by atomic mass is 16.5. The zero-order valence-corrected chi connectivity index (χ0v) is 10.4. The first-order chi connectivity index (χ1) is 8.61. The number of anilines is 1. The summed E-state index contributed by atoms with van der Waals surface area (Å²) in [5.74, 6) is 0.368. The maximum Gasteiger partial charge on any atom is 0.325 e. The molecule has 0 amide bonds. The molecule has 1 aromatic carbocycles. The van der Waals surface area contributed by atoms with Crippen molar-refractivity contribution in [2.75, 3.05) is 31.7 Å². The minimum Gasteiger partial charge on any atom is -0.490 e. The van der Waals surface area contributed by atoms with Gasteiger partial charge in [-0.2, -0.15) is 0 Å². The van der Waals surface area contributed by atoms with Gasteiger partial charge in [-0.25, -0.2) is 0 Å². The Morgan fingerprint density at radius 2 is 2.22 bits per heavy atom. The molecule has 0 fully saturated rings. The van der Waals surface area contributed by atoms with Crippen LogP contribution in [0.2, 0.25) is 0 Å². The minimum absolute atomic E-state index is 0.0126. The molecule has 0 aromatic heterocycles. The highest BCUT2D eigenvalue weighted by molar-refractivity contribution is 5.95. The van der Waals surface area contributed by atoms with Crippen LogP contribution < -0.4 is 9.64 Å². The summed E-state index contributed by atoms with van der Waals surface area (Å²) in [5.41, 5.74) is 1.37. The molecule has 0 radical (unpaired) electrons. The van der Waals surface area contributed by atoms with Crippen molar-refractivity contribution < 1.29 is 19.1 Å². The van der Waals surface area contributed by atoms with Crippen LogP contribution in [0.5, 0.6) is 5.75 Å². The van der Waals surface area contributed by atoms with Crippen LogP contribution in [0.3, 0.4) is 0 Å². The standard InChI is InChI=1S/C13H15NO4/c1-9(15)10-3-4-12-11(7-10)14(5-6-18-12)8-13(16)17-2/h3-4,7H,5-6,8H2,1-2H3. The number of Topliss-reactive ketones (excluding diaryl/α,β-unsaturated/α-hetero) is 1. The van der Waals surface area contributed by atoms with E-state index in [1.54, 1.807) is 18.2 Å². The third-order valence-electron chi connectivity index (χ3n) is 2.87. The van der Waals surface area contributed by atoms with Crippen LogP contribution in [0, 0.1) is 0 Å². The van der Waals surface area contributed by atoms with Gasteiger partial charge in [-0.3, -0.25) is 9.59 Å². The summed E-state index contributed by atoms with van der Waals surface area (Å²) in [6.45, 7) is 2.79. The topological polar surface area (TPSA) is 55.8 Å². The van der Waals surface area contributed by atoms with Gasteiger partial charge < -0.3 is 14.4 Å². The third kappa shape index (κ3) is 2.45. The highest BCUT2D eigenvalue weighted by Gasteiger charge is 2.21. The predicted octanol–water partition coefficient (Wildman–Crippen LogP) is 1.26. The SMILES string of the molecule is COC(=O)CN1CCOc2ccc(C(C)=O)cc21. The van der Waals surface area contributed by atoms with Crippen LogP contribution in [0.25, 0.3) is 0 Å². The molecule has 96 valence electrons. The molecule has 0 N–H and O–H groups in total. The Kier molecular flexibility index (Phi) is 3.50. The molecule has 0 aliphatic carbocycles. The summed E-state index contributed by atoms with van der Waals surface area (Å²) in [6, 6.07) is 5.23. The molecule has 0 atom stereocenters. The summed E-state index contributed by atoms with van der Waals surface area (Å²) < 4.78 is 10.2. The number of methoxy groups -OCH3 is 1. The van der Waals surface area contributed by atoms with Crippen LogP contribution in [0.1, 0.15) is 17.3 Å². The fourth-order valence-corrected chi connectivity index (χ4v) is 1.88. The molecular weight excluding hydrogens is 234 g/mol. The van der Waals surface area contributed by atoms with E-state index < -0.39 is 0 Å². The fourth-order valence-electron chi connectivity index (χ4n) is 1.88. The minimum atomic E-state index is -0.309. The number of rotatable bonds is 3. The summed E-state index contributed by atoms with van der Waals surface area (Å²) in [6.07, 6.45) is 0. The molecule has 0 saturated carbocycles. The molecule has 0 bridgehead atoms. The monoisotopic (exact) mass is 249 g/mol. The lowest BCUT2D eigenvalue weighted by molar-refractivity contribution is -0.139. The van der Waals surface area contributed by atoms with Crippen LogP contribution in [0.15, 0.2) is 18.2 Å². The second-order valence-corrected chi connectivity index (χ2v) is 4.08. The van der Waals surface area contributed by atoms with Gasteiger partial charge in [0.1, 0.15) is 18.9 Å². The van der Waals surface area contributed by atoms with Crippen molar-refractivity contribution in [3.05, 3.63) is 23.8 Å². The van der Waals surface area contributed by atoms with Gasteiger partial charge in [0.05, 0.1) is 19.3 Å². The van der Waals surface area contributed by atoms with Gasteiger partial charge >= 0.3 is 5.97 Å². The van der Waals surface area contributed by atoms with Crippen molar-refractivity contribution in [1.82, 2.24) is 0 Å².